The lowest BCUT2D eigenvalue weighted by Gasteiger charge is -2.22. The molecule has 0 bridgehead atoms. The molecule has 0 saturated heterocycles. The SMILES string of the molecule is CCOC(=O)CCN(Cc1cccnc1)Cc1ccc(Br)c(F)c1. The Labute approximate surface area is 149 Å². The van der Waals surface area contributed by atoms with E-state index in [1.54, 1.807) is 25.4 Å². The maximum atomic E-state index is 13.7. The fraction of sp³-hybridized carbons (Fsp3) is 0.333. The first-order valence-electron chi connectivity index (χ1n) is 7.79. The molecular formula is C18H20BrFN2O2. The van der Waals surface area contributed by atoms with Crippen molar-refractivity contribution in [3.63, 3.8) is 0 Å². The molecule has 0 amide bonds. The number of hydrogen-bond acceptors (Lipinski definition) is 4. The third kappa shape index (κ3) is 6.02. The van der Waals surface area contributed by atoms with E-state index in [0.717, 1.165) is 11.1 Å². The number of halogens is 2. The quantitative estimate of drug-likeness (QED) is 0.635. The molecule has 0 atom stereocenters. The van der Waals surface area contributed by atoms with Gasteiger partial charge in [0.25, 0.3) is 0 Å². The van der Waals surface area contributed by atoms with Crippen molar-refractivity contribution in [3.05, 3.63) is 64.1 Å². The van der Waals surface area contributed by atoms with E-state index in [9.17, 15) is 9.18 Å². The Bertz CT molecular complexity index is 667. The number of esters is 1. The van der Waals surface area contributed by atoms with Crippen molar-refractivity contribution >= 4 is 21.9 Å². The van der Waals surface area contributed by atoms with Gasteiger partial charge in [-0.1, -0.05) is 12.1 Å². The van der Waals surface area contributed by atoms with Gasteiger partial charge in [-0.25, -0.2) is 4.39 Å². The molecule has 0 aliphatic heterocycles. The summed E-state index contributed by atoms with van der Waals surface area (Å²) >= 11 is 3.16. The van der Waals surface area contributed by atoms with Crippen LogP contribution in [0.25, 0.3) is 0 Å². The van der Waals surface area contributed by atoms with Gasteiger partial charge in [-0.05, 0) is 52.2 Å². The van der Waals surface area contributed by atoms with Crippen molar-refractivity contribution in [2.24, 2.45) is 0 Å². The van der Waals surface area contributed by atoms with Crippen LogP contribution in [0.4, 0.5) is 4.39 Å². The second-order valence-electron chi connectivity index (χ2n) is 5.38. The van der Waals surface area contributed by atoms with Crippen molar-refractivity contribution in [2.75, 3.05) is 13.2 Å². The van der Waals surface area contributed by atoms with Crippen LogP contribution in [-0.2, 0) is 22.6 Å². The molecule has 0 spiro atoms. The zero-order valence-corrected chi connectivity index (χ0v) is 15.1. The molecule has 2 aromatic rings. The number of aromatic nitrogens is 1. The average molecular weight is 395 g/mol. The van der Waals surface area contributed by atoms with E-state index < -0.39 is 0 Å². The lowest BCUT2D eigenvalue weighted by molar-refractivity contribution is -0.143. The van der Waals surface area contributed by atoms with Gasteiger partial charge in [0, 0.05) is 32.0 Å². The maximum absolute atomic E-state index is 13.7. The molecule has 2 rings (SSSR count). The molecule has 6 heteroatoms. The standard InChI is InChI=1S/C18H20BrFN2O2/c1-2-24-18(23)7-9-22(13-15-4-3-8-21-11-15)12-14-5-6-16(19)17(20)10-14/h3-6,8,10-11H,2,7,9,12-13H2,1H3. The van der Waals surface area contributed by atoms with E-state index in [0.29, 0.717) is 37.1 Å². The average Bonchev–Trinajstić information content (AvgIpc) is 2.57. The van der Waals surface area contributed by atoms with Crippen LogP contribution < -0.4 is 0 Å². The van der Waals surface area contributed by atoms with Crippen LogP contribution in [0.2, 0.25) is 0 Å². The molecule has 1 heterocycles. The Hall–Kier alpha value is -1.79. The van der Waals surface area contributed by atoms with Crippen LogP contribution in [0.15, 0.2) is 47.2 Å². The molecule has 4 nitrogen and oxygen atoms in total. The first kappa shape index (κ1) is 18.5. The van der Waals surface area contributed by atoms with Gasteiger partial charge in [-0.3, -0.25) is 14.7 Å². The van der Waals surface area contributed by atoms with Crippen LogP contribution >= 0.6 is 15.9 Å². The minimum Gasteiger partial charge on any atom is -0.466 e. The van der Waals surface area contributed by atoms with Crippen molar-refractivity contribution in [3.8, 4) is 0 Å². The summed E-state index contributed by atoms with van der Waals surface area (Å²) in [5, 5.41) is 0. The number of ether oxygens (including phenoxy) is 1. The molecule has 0 aliphatic rings. The van der Waals surface area contributed by atoms with E-state index >= 15 is 0 Å². The topological polar surface area (TPSA) is 42.4 Å². The molecule has 128 valence electrons. The van der Waals surface area contributed by atoms with Crippen molar-refractivity contribution < 1.29 is 13.9 Å². The highest BCUT2D eigenvalue weighted by Gasteiger charge is 2.12. The lowest BCUT2D eigenvalue weighted by atomic mass is 10.2. The van der Waals surface area contributed by atoms with Crippen molar-refractivity contribution in [1.29, 1.82) is 0 Å². The van der Waals surface area contributed by atoms with Gasteiger partial charge < -0.3 is 4.74 Å². The van der Waals surface area contributed by atoms with E-state index in [-0.39, 0.29) is 11.8 Å². The molecule has 0 unspecified atom stereocenters. The number of carbonyl (C=O) groups excluding carboxylic acids is 1. The zero-order chi connectivity index (χ0) is 17.4. The largest absolute Gasteiger partial charge is 0.466 e. The molecule has 0 aliphatic carbocycles. The number of benzene rings is 1. The Morgan fingerprint density at radius 1 is 1.29 bits per heavy atom. The fourth-order valence-electron chi connectivity index (χ4n) is 2.34. The van der Waals surface area contributed by atoms with E-state index in [1.165, 1.54) is 6.07 Å². The number of rotatable bonds is 8. The van der Waals surface area contributed by atoms with Crippen LogP contribution in [0.1, 0.15) is 24.5 Å². The molecule has 0 N–H and O–H groups in total. The third-order valence-corrected chi connectivity index (χ3v) is 4.10. The number of pyridine rings is 1. The Kier molecular flexibility index (Phi) is 7.34. The van der Waals surface area contributed by atoms with Gasteiger partial charge >= 0.3 is 5.97 Å². The van der Waals surface area contributed by atoms with E-state index in [4.69, 9.17) is 4.74 Å². The summed E-state index contributed by atoms with van der Waals surface area (Å²) in [4.78, 5) is 17.8. The summed E-state index contributed by atoms with van der Waals surface area (Å²) < 4.78 is 19.1. The first-order valence-corrected chi connectivity index (χ1v) is 8.58. The summed E-state index contributed by atoms with van der Waals surface area (Å²) in [6, 6.07) is 8.92. The number of carbonyl (C=O) groups is 1. The first-order chi connectivity index (χ1) is 11.6. The van der Waals surface area contributed by atoms with Gasteiger partial charge in [0.15, 0.2) is 0 Å². The zero-order valence-electron chi connectivity index (χ0n) is 13.5. The predicted octanol–water partition coefficient (Wildman–Crippen LogP) is 3.94. The normalized spacial score (nSPS) is 10.8. The van der Waals surface area contributed by atoms with Gasteiger partial charge in [0.05, 0.1) is 17.5 Å². The minimum absolute atomic E-state index is 0.226. The van der Waals surface area contributed by atoms with Gasteiger partial charge in [-0.2, -0.15) is 0 Å². The minimum atomic E-state index is -0.292. The molecule has 0 fully saturated rings. The molecule has 1 aromatic heterocycles. The fourth-order valence-corrected chi connectivity index (χ4v) is 2.59. The Morgan fingerprint density at radius 2 is 2.08 bits per heavy atom. The highest BCUT2D eigenvalue weighted by Crippen LogP contribution is 2.18. The second-order valence-corrected chi connectivity index (χ2v) is 6.23. The van der Waals surface area contributed by atoms with Crippen LogP contribution in [0.3, 0.4) is 0 Å². The molecule has 0 radical (unpaired) electrons. The summed E-state index contributed by atoms with van der Waals surface area (Å²) in [6.07, 6.45) is 3.81. The van der Waals surface area contributed by atoms with Crippen LogP contribution in [-0.4, -0.2) is 29.0 Å². The lowest BCUT2D eigenvalue weighted by Crippen LogP contribution is -2.26. The van der Waals surface area contributed by atoms with Gasteiger partial charge in [-0.15, -0.1) is 0 Å². The second kappa shape index (κ2) is 9.49. The number of nitrogens with zero attached hydrogens (tertiary/aromatic N) is 2. The van der Waals surface area contributed by atoms with Crippen LogP contribution in [0.5, 0.6) is 0 Å². The molecular weight excluding hydrogens is 375 g/mol. The summed E-state index contributed by atoms with van der Waals surface area (Å²) in [5.74, 6) is -0.519. The smallest absolute Gasteiger partial charge is 0.307 e. The molecule has 24 heavy (non-hydrogen) atoms. The van der Waals surface area contributed by atoms with Gasteiger partial charge in [0.1, 0.15) is 5.82 Å². The highest BCUT2D eigenvalue weighted by molar-refractivity contribution is 9.10. The summed E-state index contributed by atoms with van der Waals surface area (Å²) in [6.45, 7) is 3.87. The predicted molar refractivity (Wildman–Crippen MR) is 93.7 cm³/mol. The van der Waals surface area contributed by atoms with Crippen LogP contribution in [0, 0.1) is 5.82 Å². The molecule has 0 saturated carbocycles. The summed E-state index contributed by atoms with van der Waals surface area (Å²) in [5.41, 5.74) is 1.89. The van der Waals surface area contributed by atoms with E-state index in [1.807, 2.05) is 18.2 Å². The van der Waals surface area contributed by atoms with Crippen molar-refractivity contribution in [2.45, 2.75) is 26.4 Å². The Morgan fingerprint density at radius 3 is 2.75 bits per heavy atom. The Balaban J connectivity index is 2.06. The van der Waals surface area contributed by atoms with Gasteiger partial charge in [0.2, 0.25) is 0 Å². The van der Waals surface area contributed by atoms with E-state index in [2.05, 4.69) is 25.8 Å². The maximum Gasteiger partial charge on any atom is 0.307 e. The third-order valence-electron chi connectivity index (χ3n) is 3.46. The number of hydrogen-bond donors (Lipinski definition) is 0. The monoisotopic (exact) mass is 394 g/mol. The highest BCUT2D eigenvalue weighted by atomic mass is 79.9. The van der Waals surface area contributed by atoms with Crippen molar-refractivity contribution in [1.82, 2.24) is 9.88 Å². The molecule has 1 aromatic carbocycles. The summed E-state index contributed by atoms with van der Waals surface area (Å²) in [7, 11) is 0.